The second-order valence-electron chi connectivity index (χ2n) is 9.42. The van der Waals surface area contributed by atoms with Crippen molar-refractivity contribution in [1.82, 2.24) is 0 Å². The van der Waals surface area contributed by atoms with Crippen LogP contribution in [-0.4, -0.2) is 48.3 Å². The van der Waals surface area contributed by atoms with Gasteiger partial charge >= 0.3 is 23.9 Å². The molecule has 4 rings (SSSR count). The van der Waals surface area contributed by atoms with E-state index in [1.54, 1.807) is 97.1 Å². The molecule has 0 aromatic heterocycles. The maximum atomic E-state index is 13.4. The zero-order valence-corrected chi connectivity index (χ0v) is 23.7. The third-order valence-corrected chi connectivity index (χ3v) is 6.45. The van der Waals surface area contributed by atoms with Gasteiger partial charge in [-0.3, -0.25) is 0 Å². The fourth-order valence-corrected chi connectivity index (χ4v) is 4.20. The molecule has 0 heterocycles. The Hall–Kier alpha value is -5.76. The Labute approximate surface area is 255 Å². The molecule has 222 valence electrons. The SMILES string of the molecule is C=C[C@H](OC(=O)c1ccccc1)[C@H](OC(=O)c1ccccc1)[C@@H](OC(=O)c1ccccc1)[C@@H](C=C)OC(=O)c1ccccc1. The minimum absolute atomic E-state index is 0.180. The van der Waals surface area contributed by atoms with Crippen LogP contribution in [0.3, 0.4) is 0 Å². The van der Waals surface area contributed by atoms with E-state index in [0.717, 1.165) is 0 Å². The molecule has 44 heavy (non-hydrogen) atoms. The summed E-state index contributed by atoms with van der Waals surface area (Å²) in [6, 6.07) is 32.5. The molecule has 0 saturated carbocycles. The predicted molar refractivity (Wildman–Crippen MR) is 163 cm³/mol. The highest BCUT2D eigenvalue weighted by Gasteiger charge is 2.43. The smallest absolute Gasteiger partial charge is 0.338 e. The molecule has 4 atom stereocenters. The van der Waals surface area contributed by atoms with Gasteiger partial charge in [0.25, 0.3) is 0 Å². The van der Waals surface area contributed by atoms with Gasteiger partial charge in [0.2, 0.25) is 0 Å². The van der Waals surface area contributed by atoms with E-state index in [1.165, 1.54) is 36.4 Å². The Balaban J connectivity index is 1.75. The van der Waals surface area contributed by atoms with E-state index in [1.807, 2.05) is 0 Å². The van der Waals surface area contributed by atoms with Crippen molar-refractivity contribution >= 4 is 23.9 Å². The number of carbonyl (C=O) groups excluding carboxylic acids is 4. The van der Waals surface area contributed by atoms with Crippen molar-refractivity contribution in [2.75, 3.05) is 0 Å². The average Bonchev–Trinajstić information content (AvgIpc) is 3.09. The topological polar surface area (TPSA) is 105 Å². The van der Waals surface area contributed by atoms with E-state index in [-0.39, 0.29) is 22.3 Å². The van der Waals surface area contributed by atoms with Crippen molar-refractivity contribution in [1.29, 1.82) is 0 Å². The van der Waals surface area contributed by atoms with Crippen LogP contribution in [0.25, 0.3) is 0 Å². The average molecular weight is 591 g/mol. The number of carbonyl (C=O) groups is 4. The highest BCUT2D eigenvalue weighted by molar-refractivity contribution is 5.92. The summed E-state index contributed by atoms with van der Waals surface area (Å²) in [5.74, 6) is -3.12. The van der Waals surface area contributed by atoms with Crippen molar-refractivity contribution < 1.29 is 38.1 Å². The molecule has 0 unspecified atom stereocenters. The number of hydrogen-bond acceptors (Lipinski definition) is 8. The van der Waals surface area contributed by atoms with Crippen LogP contribution in [0.2, 0.25) is 0 Å². The number of hydrogen-bond donors (Lipinski definition) is 0. The van der Waals surface area contributed by atoms with Gasteiger partial charge in [0, 0.05) is 0 Å². The molecule has 4 aromatic rings. The quantitative estimate of drug-likeness (QED) is 0.102. The fourth-order valence-electron chi connectivity index (χ4n) is 4.20. The minimum atomic E-state index is -1.54. The lowest BCUT2D eigenvalue weighted by Gasteiger charge is -2.34. The second kappa shape index (κ2) is 15.5. The molecule has 0 radical (unpaired) electrons. The first-order valence-corrected chi connectivity index (χ1v) is 13.7. The second-order valence-corrected chi connectivity index (χ2v) is 9.42. The lowest BCUT2D eigenvalue weighted by molar-refractivity contribution is -0.104. The molecular formula is C36H30O8. The number of rotatable bonds is 13. The Bertz CT molecular complexity index is 1450. The molecule has 0 N–H and O–H groups in total. The van der Waals surface area contributed by atoms with Gasteiger partial charge in [0.05, 0.1) is 22.3 Å². The maximum absolute atomic E-state index is 13.4. The Morgan fingerprint density at radius 1 is 0.409 bits per heavy atom. The van der Waals surface area contributed by atoms with Crippen LogP contribution in [0.15, 0.2) is 147 Å². The fraction of sp³-hybridized carbons (Fsp3) is 0.111. The van der Waals surface area contributed by atoms with Crippen molar-refractivity contribution in [2.45, 2.75) is 24.4 Å². The summed E-state index contributed by atoms with van der Waals surface area (Å²) in [5.41, 5.74) is 0.806. The zero-order chi connectivity index (χ0) is 31.3. The number of ether oxygens (including phenoxy) is 4. The predicted octanol–water partition coefficient (Wildman–Crippen LogP) is 6.26. The lowest BCUT2D eigenvalue weighted by atomic mass is 10.0. The van der Waals surface area contributed by atoms with Gasteiger partial charge in [-0.1, -0.05) is 86.0 Å². The third-order valence-electron chi connectivity index (χ3n) is 6.45. The molecule has 0 bridgehead atoms. The molecule has 0 aliphatic rings. The van der Waals surface area contributed by atoms with E-state index in [0.29, 0.717) is 0 Å². The van der Waals surface area contributed by atoms with Crippen molar-refractivity contribution in [3.63, 3.8) is 0 Å². The van der Waals surface area contributed by atoms with Crippen LogP contribution in [0, 0.1) is 0 Å². The molecule has 4 aromatic carbocycles. The first-order valence-electron chi connectivity index (χ1n) is 13.7. The van der Waals surface area contributed by atoms with Gasteiger partial charge < -0.3 is 18.9 Å². The van der Waals surface area contributed by atoms with Crippen LogP contribution in [0.4, 0.5) is 0 Å². The Morgan fingerprint density at radius 3 is 0.864 bits per heavy atom. The van der Waals surface area contributed by atoms with Crippen LogP contribution in [0.5, 0.6) is 0 Å². The zero-order valence-electron chi connectivity index (χ0n) is 23.7. The standard InChI is InChI=1S/C36H30O8/c1-3-29(41-33(37)25-17-9-5-10-18-25)31(43-35(39)27-21-13-7-14-22-27)32(44-36(40)28-23-15-8-16-24-28)30(4-2)42-34(38)26-19-11-6-12-20-26/h3-24,29-32H,1-2H2/t29-,30+,31-,32-/m0/s1. The molecule has 0 spiro atoms. The number of esters is 4. The van der Waals surface area contributed by atoms with Gasteiger partial charge in [-0.05, 0) is 60.7 Å². The monoisotopic (exact) mass is 590 g/mol. The minimum Gasteiger partial charge on any atom is -0.450 e. The summed E-state index contributed by atoms with van der Waals surface area (Å²) < 4.78 is 23.3. The van der Waals surface area contributed by atoms with E-state index in [4.69, 9.17) is 18.9 Å². The van der Waals surface area contributed by atoms with Gasteiger partial charge in [-0.2, -0.15) is 0 Å². The van der Waals surface area contributed by atoms with Gasteiger partial charge in [-0.25, -0.2) is 19.2 Å². The summed E-state index contributed by atoms with van der Waals surface area (Å²) in [4.78, 5) is 53.0. The highest BCUT2D eigenvalue weighted by Crippen LogP contribution is 2.24. The van der Waals surface area contributed by atoms with Crippen LogP contribution in [0.1, 0.15) is 41.4 Å². The largest absolute Gasteiger partial charge is 0.450 e. The lowest BCUT2D eigenvalue weighted by Crippen LogP contribution is -2.51. The molecular weight excluding hydrogens is 560 g/mol. The summed E-state index contributed by atoms with van der Waals surface area (Å²) in [7, 11) is 0. The Morgan fingerprint density at radius 2 is 0.636 bits per heavy atom. The van der Waals surface area contributed by atoms with E-state index >= 15 is 0 Å². The van der Waals surface area contributed by atoms with Gasteiger partial charge in [0.15, 0.2) is 24.4 Å². The molecule has 0 saturated heterocycles. The van der Waals surface area contributed by atoms with Crippen LogP contribution < -0.4 is 0 Å². The molecule has 0 fully saturated rings. The van der Waals surface area contributed by atoms with Gasteiger partial charge in [-0.15, -0.1) is 0 Å². The third kappa shape index (κ3) is 8.17. The van der Waals surface area contributed by atoms with E-state index in [2.05, 4.69) is 13.2 Å². The van der Waals surface area contributed by atoms with Crippen molar-refractivity contribution in [3.05, 3.63) is 169 Å². The van der Waals surface area contributed by atoms with Crippen molar-refractivity contribution in [2.24, 2.45) is 0 Å². The number of benzene rings is 4. The maximum Gasteiger partial charge on any atom is 0.338 e. The summed E-state index contributed by atoms with van der Waals surface area (Å²) in [6.45, 7) is 7.56. The summed E-state index contributed by atoms with van der Waals surface area (Å²) in [6.07, 6.45) is -3.30. The molecule has 0 aliphatic carbocycles. The van der Waals surface area contributed by atoms with Gasteiger partial charge in [0.1, 0.15) is 0 Å². The molecule has 8 nitrogen and oxygen atoms in total. The first-order chi connectivity index (χ1) is 21.4. The van der Waals surface area contributed by atoms with E-state index < -0.39 is 48.3 Å². The van der Waals surface area contributed by atoms with E-state index in [9.17, 15) is 19.2 Å². The highest BCUT2D eigenvalue weighted by atomic mass is 16.6. The van der Waals surface area contributed by atoms with Crippen LogP contribution >= 0.6 is 0 Å². The molecule has 0 aliphatic heterocycles. The molecule has 0 amide bonds. The summed E-state index contributed by atoms with van der Waals surface area (Å²) in [5, 5.41) is 0. The Kier molecular flexibility index (Phi) is 11.0. The summed E-state index contributed by atoms with van der Waals surface area (Å²) >= 11 is 0. The normalized spacial score (nSPS) is 13.2. The molecule has 8 heteroatoms. The first kappa shape index (κ1) is 31.2. The van der Waals surface area contributed by atoms with Crippen molar-refractivity contribution in [3.8, 4) is 0 Å². The van der Waals surface area contributed by atoms with Crippen LogP contribution in [-0.2, 0) is 18.9 Å².